The van der Waals surface area contributed by atoms with Crippen LogP contribution in [-0.2, 0) is 14.3 Å². The van der Waals surface area contributed by atoms with Crippen LogP contribution in [0, 0.1) is 5.41 Å². The molecule has 6 nitrogen and oxygen atoms in total. The molecule has 0 heterocycles. The van der Waals surface area contributed by atoms with Gasteiger partial charge in [-0.05, 0) is 44.4 Å². The Morgan fingerprint density at radius 1 is 1.07 bits per heavy atom. The summed E-state index contributed by atoms with van der Waals surface area (Å²) < 4.78 is 9.96. The lowest BCUT2D eigenvalue weighted by molar-refractivity contribution is -0.140. The van der Waals surface area contributed by atoms with Gasteiger partial charge in [0.15, 0.2) is 5.96 Å². The molecule has 1 fully saturated rings. The summed E-state index contributed by atoms with van der Waals surface area (Å²) >= 11 is 0. The van der Waals surface area contributed by atoms with Gasteiger partial charge in [0.25, 0.3) is 0 Å². The van der Waals surface area contributed by atoms with Gasteiger partial charge in [0.1, 0.15) is 0 Å². The average molecular weight is 497 g/mol. The summed E-state index contributed by atoms with van der Waals surface area (Å²) in [7, 11) is 3.22. The number of aliphatic imine (C=N–C) groups is 1. The van der Waals surface area contributed by atoms with Crippen LogP contribution in [0.3, 0.4) is 0 Å². The molecule has 1 rings (SSSR count). The molecule has 0 spiro atoms. The first kappa shape index (κ1) is 26.4. The Balaban J connectivity index is 0.00000676. The predicted molar refractivity (Wildman–Crippen MR) is 122 cm³/mol. The molecule has 1 aliphatic carbocycles. The maximum atomic E-state index is 11.1. The fourth-order valence-electron chi connectivity index (χ4n) is 3.58. The third-order valence-electron chi connectivity index (χ3n) is 5.25. The van der Waals surface area contributed by atoms with E-state index in [0.29, 0.717) is 11.8 Å². The number of carbonyl (C=O) groups excluding carboxylic acids is 1. The SMILES string of the molecule is CCNC(=NCC1(CCOC)CCCC1)NCCCCCCC(=O)OC.I. The second-order valence-corrected chi connectivity index (χ2v) is 7.31. The van der Waals surface area contributed by atoms with Gasteiger partial charge in [-0.25, -0.2) is 0 Å². The molecule has 0 aromatic rings. The third kappa shape index (κ3) is 11.8. The molecule has 27 heavy (non-hydrogen) atoms. The Hall–Kier alpha value is -0.570. The Labute approximate surface area is 182 Å². The second kappa shape index (κ2) is 16.4. The van der Waals surface area contributed by atoms with Crippen LogP contribution in [-0.4, -0.2) is 52.4 Å². The zero-order valence-electron chi connectivity index (χ0n) is 17.5. The summed E-state index contributed by atoms with van der Waals surface area (Å²) in [6.07, 6.45) is 10.9. The lowest BCUT2D eigenvalue weighted by Crippen LogP contribution is -2.39. The van der Waals surface area contributed by atoms with Crippen molar-refractivity contribution in [1.29, 1.82) is 0 Å². The number of hydrogen-bond acceptors (Lipinski definition) is 4. The molecule has 0 aromatic heterocycles. The molecule has 0 amide bonds. The Bertz CT molecular complexity index is 413. The fourth-order valence-corrected chi connectivity index (χ4v) is 3.58. The normalized spacial score (nSPS) is 15.9. The fraction of sp³-hybridized carbons (Fsp3) is 0.900. The maximum absolute atomic E-state index is 11.1. The van der Waals surface area contributed by atoms with Gasteiger partial charge in [-0.3, -0.25) is 9.79 Å². The summed E-state index contributed by atoms with van der Waals surface area (Å²) in [6, 6.07) is 0. The number of methoxy groups -OCH3 is 2. The van der Waals surface area contributed by atoms with Gasteiger partial charge in [0.05, 0.1) is 7.11 Å². The van der Waals surface area contributed by atoms with E-state index in [0.717, 1.165) is 64.3 Å². The highest BCUT2D eigenvalue weighted by Gasteiger charge is 2.33. The minimum absolute atomic E-state index is 0. The maximum Gasteiger partial charge on any atom is 0.305 e. The minimum atomic E-state index is -0.112. The van der Waals surface area contributed by atoms with Crippen molar-refractivity contribution in [2.45, 2.75) is 71.1 Å². The van der Waals surface area contributed by atoms with Crippen LogP contribution < -0.4 is 10.6 Å². The van der Waals surface area contributed by atoms with E-state index in [4.69, 9.17) is 9.73 Å². The van der Waals surface area contributed by atoms with Crippen molar-refractivity contribution in [2.24, 2.45) is 10.4 Å². The largest absolute Gasteiger partial charge is 0.469 e. The number of esters is 1. The Morgan fingerprint density at radius 3 is 2.41 bits per heavy atom. The molecule has 0 unspecified atom stereocenters. The lowest BCUT2D eigenvalue weighted by Gasteiger charge is -2.27. The van der Waals surface area contributed by atoms with E-state index in [1.165, 1.54) is 32.8 Å². The van der Waals surface area contributed by atoms with Gasteiger partial charge in [-0.15, -0.1) is 24.0 Å². The average Bonchev–Trinajstić information content (AvgIpc) is 3.12. The van der Waals surface area contributed by atoms with E-state index in [-0.39, 0.29) is 29.9 Å². The molecule has 7 heteroatoms. The molecular formula is C20H40IN3O3. The summed E-state index contributed by atoms with van der Waals surface area (Å²) in [5, 5.41) is 6.80. The van der Waals surface area contributed by atoms with Crippen molar-refractivity contribution in [2.75, 3.05) is 40.5 Å². The third-order valence-corrected chi connectivity index (χ3v) is 5.25. The second-order valence-electron chi connectivity index (χ2n) is 7.31. The zero-order chi connectivity index (χ0) is 19.1. The van der Waals surface area contributed by atoms with Gasteiger partial charge >= 0.3 is 5.97 Å². The molecule has 1 saturated carbocycles. The highest BCUT2D eigenvalue weighted by atomic mass is 127. The van der Waals surface area contributed by atoms with Crippen LogP contribution in [0.15, 0.2) is 4.99 Å². The van der Waals surface area contributed by atoms with E-state index in [9.17, 15) is 4.79 Å². The van der Waals surface area contributed by atoms with E-state index >= 15 is 0 Å². The predicted octanol–water partition coefficient (Wildman–Crippen LogP) is 3.88. The highest BCUT2D eigenvalue weighted by Crippen LogP contribution is 2.41. The number of carbonyl (C=O) groups is 1. The van der Waals surface area contributed by atoms with Crippen molar-refractivity contribution in [3.05, 3.63) is 0 Å². The van der Waals surface area contributed by atoms with Gasteiger partial charge in [0, 0.05) is 39.8 Å². The standard InChI is InChI=1S/C20H39N3O3.HI/c1-4-21-19(22-15-10-6-5-7-11-18(24)26-3)23-17-20(14-16-25-2)12-8-9-13-20;/h4-17H2,1-3H3,(H2,21,22,23);1H. The number of unbranched alkanes of at least 4 members (excludes halogenated alkanes) is 3. The first-order chi connectivity index (χ1) is 12.7. The number of hydrogen-bond donors (Lipinski definition) is 2. The summed E-state index contributed by atoms with van der Waals surface area (Å²) in [5.41, 5.74) is 0.326. The zero-order valence-corrected chi connectivity index (χ0v) is 19.8. The number of rotatable bonds is 13. The lowest BCUT2D eigenvalue weighted by atomic mass is 9.83. The number of ether oxygens (including phenoxy) is 2. The minimum Gasteiger partial charge on any atom is -0.469 e. The van der Waals surface area contributed by atoms with Gasteiger partial charge in [0.2, 0.25) is 0 Å². The van der Waals surface area contributed by atoms with Crippen LogP contribution in [0.4, 0.5) is 0 Å². The quantitative estimate of drug-likeness (QED) is 0.133. The van der Waals surface area contributed by atoms with E-state index in [2.05, 4.69) is 22.3 Å². The monoisotopic (exact) mass is 497 g/mol. The van der Waals surface area contributed by atoms with Crippen molar-refractivity contribution >= 4 is 35.9 Å². The van der Waals surface area contributed by atoms with Gasteiger partial charge in [-0.1, -0.05) is 25.7 Å². The van der Waals surface area contributed by atoms with Crippen molar-refractivity contribution in [1.82, 2.24) is 10.6 Å². The van der Waals surface area contributed by atoms with Crippen LogP contribution in [0.2, 0.25) is 0 Å². The molecule has 1 aliphatic rings. The van der Waals surface area contributed by atoms with Crippen LogP contribution >= 0.6 is 24.0 Å². The van der Waals surface area contributed by atoms with E-state index < -0.39 is 0 Å². The molecular weight excluding hydrogens is 457 g/mol. The topological polar surface area (TPSA) is 72.0 Å². The Kier molecular flexibility index (Phi) is 16.0. The highest BCUT2D eigenvalue weighted by molar-refractivity contribution is 14.0. The number of nitrogens with zero attached hydrogens (tertiary/aromatic N) is 1. The van der Waals surface area contributed by atoms with Crippen molar-refractivity contribution in [3.63, 3.8) is 0 Å². The number of nitrogens with one attached hydrogen (secondary N) is 2. The van der Waals surface area contributed by atoms with Crippen LogP contribution in [0.1, 0.15) is 71.1 Å². The van der Waals surface area contributed by atoms with Crippen LogP contribution in [0.5, 0.6) is 0 Å². The van der Waals surface area contributed by atoms with Crippen LogP contribution in [0.25, 0.3) is 0 Å². The molecule has 0 atom stereocenters. The van der Waals surface area contributed by atoms with Gasteiger partial charge < -0.3 is 20.1 Å². The molecule has 0 aromatic carbocycles. The Morgan fingerprint density at radius 2 is 1.78 bits per heavy atom. The number of guanidine groups is 1. The molecule has 0 bridgehead atoms. The van der Waals surface area contributed by atoms with Crippen molar-refractivity contribution in [3.8, 4) is 0 Å². The summed E-state index contributed by atoms with van der Waals surface area (Å²) in [5.74, 6) is 0.810. The van der Waals surface area contributed by atoms with E-state index in [1.807, 2.05) is 0 Å². The smallest absolute Gasteiger partial charge is 0.305 e. The van der Waals surface area contributed by atoms with Crippen molar-refractivity contribution < 1.29 is 14.3 Å². The molecule has 160 valence electrons. The molecule has 0 aliphatic heterocycles. The first-order valence-corrected chi connectivity index (χ1v) is 10.2. The summed E-state index contributed by atoms with van der Waals surface area (Å²) in [6.45, 7) is 5.58. The van der Waals surface area contributed by atoms with E-state index in [1.54, 1.807) is 7.11 Å². The molecule has 0 saturated heterocycles. The summed E-state index contributed by atoms with van der Waals surface area (Å²) in [4.78, 5) is 15.9. The molecule has 2 N–H and O–H groups in total. The van der Waals surface area contributed by atoms with Gasteiger partial charge in [-0.2, -0.15) is 0 Å². The first-order valence-electron chi connectivity index (χ1n) is 10.2. The molecule has 0 radical (unpaired) electrons. The number of halogens is 1.